The van der Waals surface area contributed by atoms with Crippen molar-refractivity contribution in [1.29, 1.82) is 0 Å². The normalized spacial score (nSPS) is 14.0. The van der Waals surface area contributed by atoms with E-state index in [1.165, 1.54) is 13.3 Å². The van der Waals surface area contributed by atoms with E-state index in [4.69, 9.17) is 4.74 Å². The minimum atomic E-state index is -1.31. The van der Waals surface area contributed by atoms with Gasteiger partial charge in [0.25, 0.3) is 0 Å². The summed E-state index contributed by atoms with van der Waals surface area (Å²) in [5.74, 6) is -0.725. The Hall–Kier alpha value is -1.88. The van der Waals surface area contributed by atoms with Gasteiger partial charge in [0.1, 0.15) is 0 Å². The maximum atomic E-state index is 12.0. The lowest BCUT2D eigenvalue weighted by atomic mass is 10.2. The zero-order chi connectivity index (χ0) is 14.5. The molecule has 5 heteroatoms. The first-order valence-corrected chi connectivity index (χ1v) is 5.94. The molecule has 1 unspecified atom stereocenters. The number of esters is 1. The summed E-state index contributed by atoms with van der Waals surface area (Å²) >= 11 is 0. The Kier molecular flexibility index (Phi) is 5.06. The molecule has 1 aromatic rings. The monoisotopic (exact) mass is 265 g/mol. The van der Waals surface area contributed by atoms with Crippen LogP contribution in [0.4, 0.5) is 0 Å². The van der Waals surface area contributed by atoms with Gasteiger partial charge < -0.3 is 14.7 Å². The third-order valence-corrected chi connectivity index (χ3v) is 2.18. The number of hydrogen-bond acceptors (Lipinski definition) is 4. The lowest BCUT2D eigenvalue weighted by Crippen LogP contribution is -2.41. The molecule has 0 spiro atoms. The minimum absolute atomic E-state index is 0.465. The number of carbonyl (C=O) groups is 1. The average Bonchev–Trinajstić information content (AvgIpc) is 2.35. The van der Waals surface area contributed by atoms with Crippen LogP contribution >= 0.6 is 0 Å². The molecule has 0 fully saturated rings. The Labute approximate surface area is 113 Å². The molecular weight excluding hydrogens is 246 g/mol. The summed E-state index contributed by atoms with van der Waals surface area (Å²) in [6.45, 7) is 5.29. The van der Waals surface area contributed by atoms with Crippen LogP contribution in [0.1, 0.15) is 26.3 Å². The van der Waals surface area contributed by atoms with Gasteiger partial charge in [-0.2, -0.15) is 4.74 Å². The van der Waals surface area contributed by atoms with Crippen molar-refractivity contribution in [3.8, 4) is 0 Å². The van der Waals surface area contributed by atoms with Gasteiger partial charge in [-0.3, -0.25) is 0 Å². The highest BCUT2D eigenvalue weighted by Gasteiger charge is 2.33. The first-order valence-electron chi connectivity index (χ1n) is 5.94. The van der Waals surface area contributed by atoms with Gasteiger partial charge in [0.2, 0.25) is 0 Å². The number of nitrogens with zero attached hydrogens (tertiary/aromatic N) is 1. The van der Waals surface area contributed by atoms with Crippen LogP contribution in [0.3, 0.4) is 0 Å². The SMILES string of the molecule is COC(=O)C(OC(C)(C)C)/[N+]([O-])=C\c1ccccc1. The largest absolute Gasteiger partial charge is 0.621 e. The van der Waals surface area contributed by atoms with E-state index in [1.54, 1.807) is 45.0 Å². The van der Waals surface area contributed by atoms with E-state index in [2.05, 4.69) is 4.74 Å². The first kappa shape index (κ1) is 15.2. The number of methoxy groups -OCH3 is 1. The maximum absolute atomic E-state index is 12.0. The standard InChI is InChI=1S/C14H19NO4/c1-14(2,3)19-12(13(16)18-4)15(17)10-11-8-6-5-7-9-11/h5-10,12H,1-4H3/b15-10+. The molecule has 0 radical (unpaired) electrons. The summed E-state index contributed by atoms with van der Waals surface area (Å²) in [5.41, 5.74) is 0.0513. The lowest BCUT2D eigenvalue weighted by molar-refractivity contribution is -0.547. The molecule has 0 amide bonds. The molecule has 1 rings (SSSR count). The van der Waals surface area contributed by atoms with Crippen LogP contribution in [0.15, 0.2) is 30.3 Å². The predicted octanol–water partition coefficient (Wildman–Crippen LogP) is 1.93. The molecule has 5 nitrogen and oxygen atoms in total. The van der Waals surface area contributed by atoms with Crippen molar-refractivity contribution in [3.05, 3.63) is 41.1 Å². The van der Waals surface area contributed by atoms with E-state index in [1.807, 2.05) is 6.07 Å². The van der Waals surface area contributed by atoms with Gasteiger partial charge in [-0.05, 0) is 32.9 Å². The first-order chi connectivity index (χ1) is 8.83. The van der Waals surface area contributed by atoms with Crippen molar-refractivity contribution in [2.75, 3.05) is 7.11 Å². The van der Waals surface area contributed by atoms with Crippen LogP contribution in [0.25, 0.3) is 0 Å². The van der Waals surface area contributed by atoms with E-state index >= 15 is 0 Å². The van der Waals surface area contributed by atoms with Crippen LogP contribution in [0, 0.1) is 5.21 Å². The molecule has 19 heavy (non-hydrogen) atoms. The highest BCUT2D eigenvalue weighted by atomic mass is 16.6. The lowest BCUT2D eigenvalue weighted by Gasteiger charge is -2.24. The molecule has 0 aromatic heterocycles. The minimum Gasteiger partial charge on any atom is -0.621 e. The molecule has 0 N–H and O–H groups in total. The van der Waals surface area contributed by atoms with Gasteiger partial charge >= 0.3 is 12.2 Å². The smallest absolute Gasteiger partial charge is 0.407 e. The van der Waals surface area contributed by atoms with Gasteiger partial charge in [0.05, 0.1) is 12.7 Å². The molecule has 0 bridgehead atoms. The van der Waals surface area contributed by atoms with Gasteiger partial charge in [0.15, 0.2) is 6.21 Å². The fraction of sp³-hybridized carbons (Fsp3) is 0.429. The number of ether oxygens (including phenoxy) is 2. The molecule has 104 valence electrons. The molecule has 0 saturated carbocycles. The van der Waals surface area contributed by atoms with Crippen LogP contribution in [0.5, 0.6) is 0 Å². The maximum Gasteiger partial charge on any atom is 0.407 e. The van der Waals surface area contributed by atoms with Crippen molar-refractivity contribution >= 4 is 12.2 Å². The Morgan fingerprint density at radius 2 is 1.89 bits per heavy atom. The molecule has 0 aliphatic heterocycles. The summed E-state index contributed by atoms with van der Waals surface area (Å²) in [4.78, 5) is 11.6. The van der Waals surface area contributed by atoms with Crippen LogP contribution in [-0.2, 0) is 14.3 Å². The second-order valence-corrected chi connectivity index (χ2v) is 5.01. The van der Waals surface area contributed by atoms with Gasteiger partial charge in [-0.1, -0.05) is 18.2 Å². The number of carbonyl (C=O) groups excluding carboxylic acids is 1. The fourth-order valence-corrected chi connectivity index (χ4v) is 1.39. The predicted molar refractivity (Wildman–Crippen MR) is 71.9 cm³/mol. The average molecular weight is 265 g/mol. The molecule has 1 aromatic carbocycles. The second-order valence-electron chi connectivity index (χ2n) is 5.01. The molecule has 0 saturated heterocycles. The van der Waals surface area contributed by atoms with Gasteiger partial charge in [-0.15, -0.1) is 0 Å². The summed E-state index contributed by atoms with van der Waals surface area (Å²) < 4.78 is 10.5. The quantitative estimate of drug-likeness (QED) is 0.208. The zero-order valence-corrected chi connectivity index (χ0v) is 11.6. The van der Waals surface area contributed by atoms with Crippen LogP contribution in [-0.4, -0.2) is 35.9 Å². The zero-order valence-electron chi connectivity index (χ0n) is 11.6. The van der Waals surface area contributed by atoms with Crippen molar-refractivity contribution in [2.24, 2.45) is 0 Å². The molecule has 0 heterocycles. The Morgan fingerprint density at radius 3 is 2.37 bits per heavy atom. The van der Waals surface area contributed by atoms with E-state index in [9.17, 15) is 10.0 Å². The Morgan fingerprint density at radius 1 is 1.32 bits per heavy atom. The van der Waals surface area contributed by atoms with Gasteiger partial charge in [0, 0.05) is 5.56 Å². The second kappa shape index (κ2) is 6.33. The molecule has 0 aliphatic rings. The topological polar surface area (TPSA) is 61.6 Å². The van der Waals surface area contributed by atoms with Crippen molar-refractivity contribution in [3.63, 3.8) is 0 Å². The summed E-state index contributed by atoms with van der Waals surface area (Å²) in [6, 6.07) is 8.97. The number of hydroxylamine groups is 1. The summed E-state index contributed by atoms with van der Waals surface area (Å²) in [5, 5.41) is 12.0. The number of rotatable bonds is 4. The van der Waals surface area contributed by atoms with Crippen molar-refractivity contribution in [2.45, 2.75) is 32.6 Å². The van der Waals surface area contributed by atoms with Crippen molar-refractivity contribution < 1.29 is 19.0 Å². The van der Waals surface area contributed by atoms with E-state index in [0.717, 1.165) is 0 Å². The van der Waals surface area contributed by atoms with E-state index < -0.39 is 17.8 Å². The van der Waals surface area contributed by atoms with Crippen molar-refractivity contribution in [1.82, 2.24) is 0 Å². The molecule has 0 aliphatic carbocycles. The fourth-order valence-electron chi connectivity index (χ4n) is 1.39. The highest BCUT2D eigenvalue weighted by molar-refractivity contribution is 5.78. The van der Waals surface area contributed by atoms with E-state index in [-0.39, 0.29) is 0 Å². The Balaban J connectivity index is 2.97. The number of benzene rings is 1. The molecular formula is C14H19NO4. The molecule has 1 atom stereocenters. The van der Waals surface area contributed by atoms with Gasteiger partial charge in [-0.25, -0.2) is 4.79 Å². The highest BCUT2D eigenvalue weighted by Crippen LogP contribution is 2.12. The summed E-state index contributed by atoms with van der Waals surface area (Å²) in [6.07, 6.45) is -0.0157. The third-order valence-electron chi connectivity index (χ3n) is 2.18. The third kappa shape index (κ3) is 5.09. The van der Waals surface area contributed by atoms with Crippen LogP contribution < -0.4 is 0 Å². The summed E-state index contributed by atoms with van der Waals surface area (Å²) in [7, 11) is 1.22. The Bertz CT molecular complexity index is 448. The van der Waals surface area contributed by atoms with Crippen LogP contribution in [0.2, 0.25) is 0 Å². The number of hydrogen-bond donors (Lipinski definition) is 0. The van der Waals surface area contributed by atoms with E-state index in [0.29, 0.717) is 10.3 Å².